The molecule has 0 bridgehead atoms. The molecule has 0 radical (unpaired) electrons. The smallest absolute Gasteiger partial charge is 0.0470 e. The van der Waals surface area contributed by atoms with Crippen LogP contribution in [0.25, 0.3) is 44.5 Å². The minimum atomic E-state index is 1.06. The molecule has 0 fully saturated rings. The van der Waals surface area contributed by atoms with E-state index in [2.05, 4.69) is 181 Å². The predicted molar refractivity (Wildman–Crippen MR) is 192 cm³/mol. The number of hydrogen-bond donors (Lipinski definition) is 2. The van der Waals surface area contributed by atoms with Crippen LogP contribution in [0.2, 0.25) is 0 Å². The molecule has 2 N–H and O–H groups in total. The largest absolute Gasteiger partial charge is 0.355 e. The summed E-state index contributed by atoms with van der Waals surface area (Å²) in [5.74, 6) is 0. The Balaban J connectivity index is 1.47. The van der Waals surface area contributed by atoms with E-state index < -0.39 is 0 Å². The monoisotopic (exact) mass is 578 g/mol. The molecule has 0 amide bonds. The lowest BCUT2D eigenvalue weighted by Crippen LogP contribution is -1.99. The van der Waals surface area contributed by atoms with Gasteiger partial charge < -0.3 is 10.6 Å². The van der Waals surface area contributed by atoms with Crippen molar-refractivity contribution < 1.29 is 0 Å². The molecule has 7 rings (SSSR count). The second kappa shape index (κ2) is 12.8. The average molecular weight is 579 g/mol. The van der Waals surface area contributed by atoms with Gasteiger partial charge in [-0.2, -0.15) is 0 Å². The third-order valence-electron chi connectivity index (χ3n) is 8.20. The number of nitrogens with one attached hydrogen (secondary N) is 2. The molecule has 0 aliphatic rings. The summed E-state index contributed by atoms with van der Waals surface area (Å²) >= 11 is 0. The van der Waals surface area contributed by atoms with E-state index in [-0.39, 0.29) is 0 Å². The van der Waals surface area contributed by atoms with Crippen LogP contribution in [0.1, 0.15) is 5.56 Å². The quantitative estimate of drug-likeness (QED) is 0.187. The molecule has 45 heavy (non-hydrogen) atoms. The molecule has 0 aromatic heterocycles. The van der Waals surface area contributed by atoms with E-state index in [1.807, 2.05) is 12.1 Å². The predicted octanol–water partition coefficient (Wildman–Crippen LogP) is 12.2. The number of aryl methyl sites for hydroxylation is 1. The highest BCUT2D eigenvalue weighted by atomic mass is 14.9. The van der Waals surface area contributed by atoms with Gasteiger partial charge in [0.15, 0.2) is 0 Å². The molecular formula is C43H34N2. The zero-order valence-corrected chi connectivity index (χ0v) is 25.2. The maximum atomic E-state index is 3.73. The summed E-state index contributed by atoms with van der Waals surface area (Å²) in [5.41, 5.74) is 14.9. The van der Waals surface area contributed by atoms with Gasteiger partial charge in [-0.3, -0.25) is 0 Å². The van der Waals surface area contributed by atoms with Gasteiger partial charge in [0.2, 0.25) is 0 Å². The highest BCUT2D eigenvalue weighted by Crippen LogP contribution is 2.46. The normalized spacial score (nSPS) is 10.8. The summed E-state index contributed by atoms with van der Waals surface area (Å²) in [6.45, 7) is 2.18. The van der Waals surface area contributed by atoms with Crippen molar-refractivity contribution in [1.82, 2.24) is 0 Å². The first kappa shape index (κ1) is 27.9. The number of hydrogen-bond acceptors (Lipinski definition) is 2. The first-order chi connectivity index (χ1) is 22.2. The molecule has 7 aromatic carbocycles. The Morgan fingerprint density at radius 1 is 0.333 bits per heavy atom. The zero-order chi connectivity index (χ0) is 30.4. The van der Waals surface area contributed by atoms with Gasteiger partial charge in [-0.05, 0) is 88.3 Å². The number of benzene rings is 7. The van der Waals surface area contributed by atoms with Gasteiger partial charge in [-0.25, -0.2) is 0 Å². The second-order valence-electron chi connectivity index (χ2n) is 11.2. The van der Waals surface area contributed by atoms with Crippen molar-refractivity contribution in [3.63, 3.8) is 0 Å². The summed E-state index contributed by atoms with van der Waals surface area (Å²) in [6, 6.07) is 62.1. The van der Waals surface area contributed by atoms with Crippen molar-refractivity contribution >= 4 is 22.7 Å². The van der Waals surface area contributed by atoms with Crippen LogP contribution in [0.15, 0.2) is 176 Å². The maximum Gasteiger partial charge on any atom is 0.0470 e. The van der Waals surface area contributed by atoms with Gasteiger partial charge in [0.05, 0.1) is 0 Å². The van der Waals surface area contributed by atoms with Gasteiger partial charge in [-0.1, -0.05) is 133 Å². The molecule has 0 saturated carbocycles. The summed E-state index contributed by atoms with van der Waals surface area (Å²) in [5, 5.41) is 7.42. The maximum absolute atomic E-state index is 3.73. The topological polar surface area (TPSA) is 24.1 Å². The van der Waals surface area contributed by atoms with E-state index >= 15 is 0 Å². The van der Waals surface area contributed by atoms with Gasteiger partial charge >= 0.3 is 0 Å². The molecule has 7 aromatic rings. The van der Waals surface area contributed by atoms with Gasteiger partial charge in [0.25, 0.3) is 0 Å². The van der Waals surface area contributed by atoms with Crippen LogP contribution >= 0.6 is 0 Å². The van der Waals surface area contributed by atoms with Crippen LogP contribution < -0.4 is 10.6 Å². The SMILES string of the molecule is Cc1ccccc1-c1cc(-c2ccc(Nc3ccccc3)c(-c3ccccc3)c2-c2ccccc2)ccc1Nc1ccccc1. The number of rotatable bonds is 8. The average Bonchev–Trinajstić information content (AvgIpc) is 3.10. The molecule has 0 heterocycles. The van der Waals surface area contributed by atoms with E-state index in [4.69, 9.17) is 0 Å². The van der Waals surface area contributed by atoms with E-state index in [0.29, 0.717) is 0 Å². The van der Waals surface area contributed by atoms with Crippen molar-refractivity contribution in [1.29, 1.82) is 0 Å². The summed E-state index contributed by atoms with van der Waals surface area (Å²) in [7, 11) is 0. The summed E-state index contributed by atoms with van der Waals surface area (Å²) < 4.78 is 0. The summed E-state index contributed by atoms with van der Waals surface area (Å²) in [6.07, 6.45) is 0. The van der Waals surface area contributed by atoms with Crippen molar-refractivity contribution in [2.75, 3.05) is 10.6 Å². The van der Waals surface area contributed by atoms with E-state index in [9.17, 15) is 0 Å². The van der Waals surface area contributed by atoms with E-state index in [1.54, 1.807) is 0 Å². The van der Waals surface area contributed by atoms with Gasteiger partial charge in [-0.15, -0.1) is 0 Å². The fraction of sp³-hybridized carbons (Fsp3) is 0.0233. The molecule has 0 unspecified atom stereocenters. The van der Waals surface area contributed by atoms with Crippen molar-refractivity contribution in [3.8, 4) is 44.5 Å². The van der Waals surface area contributed by atoms with Crippen LogP contribution in [0.4, 0.5) is 22.7 Å². The third-order valence-corrected chi connectivity index (χ3v) is 8.20. The highest BCUT2D eigenvalue weighted by Gasteiger charge is 2.20. The molecular weight excluding hydrogens is 544 g/mol. The Hall–Kier alpha value is -5.86. The molecule has 216 valence electrons. The molecule has 0 saturated heterocycles. The molecule has 0 aliphatic carbocycles. The highest BCUT2D eigenvalue weighted by molar-refractivity contribution is 6.02. The van der Waals surface area contributed by atoms with E-state index in [0.717, 1.165) is 33.9 Å². The third kappa shape index (κ3) is 6.00. The Morgan fingerprint density at radius 2 is 0.822 bits per heavy atom. The van der Waals surface area contributed by atoms with Crippen molar-refractivity contribution in [2.45, 2.75) is 6.92 Å². The second-order valence-corrected chi connectivity index (χ2v) is 11.2. The first-order valence-electron chi connectivity index (χ1n) is 15.4. The molecule has 0 spiro atoms. The minimum absolute atomic E-state index is 1.06. The van der Waals surface area contributed by atoms with Crippen LogP contribution in [0, 0.1) is 6.92 Å². The Labute approximate surface area is 265 Å². The van der Waals surface area contributed by atoms with Crippen molar-refractivity contribution in [3.05, 3.63) is 181 Å². The first-order valence-corrected chi connectivity index (χ1v) is 15.4. The van der Waals surface area contributed by atoms with Gasteiger partial charge in [0.1, 0.15) is 0 Å². The summed E-state index contributed by atoms with van der Waals surface area (Å²) in [4.78, 5) is 0. The fourth-order valence-electron chi connectivity index (χ4n) is 6.03. The lowest BCUT2D eigenvalue weighted by molar-refractivity contribution is 1.44. The van der Waals surface area contributed by atoms with Crippen LogP contribution in [0.3, 0.4) is 0 Å². The lowest BCUT2D eigenvalue weighted by atomic mass is 9.85. The molecule has 2 nitrogen and oxygen atoms in total. The Morgan fingerprint density at radius 3 is 1.42 bits per heavy atom. The Kier molecular flexibility index (Phi) is 7.94. The number of para-hydroxylation sites is 2. The fourth-order valence-corrected chi connectivity index (χ4v) is 6.03. The van der Waals surface area contributed by atoms with Crippen LogP contribution in [-0.4, -0.2) is 0 Å². The zero-order valence-electron chi connectivity index (χ0n) is 25.2. The molecule has 0 atom stereocenters. The molecule has 0 aliphatic heterocycles. The standard InChI is InChI=1S/C43H34N2/c1-31-16-14-15-25-37(31)39-30-34(26-28-40(39)44-35-21-10-4-11-22-35)38-27-29-41(45-36-23-12-5-13-24-36)43(33-19-8-3-9-20-33)42(38)32-17-6-2-7-18-32/h2-30,44-45H,1H3. The number of anilines is 4. The Bertz CT molecular complexity index is 2030. The molecule has 2 heteroatoms. The van der Waals surface area contributed by atoms with E-state index in [1.165, 1.54) is 38.9 Å². The van der Waals surface area contributed by atoms with Crippen LogP contribution in [0.5, 0.6) is 0 Å². The van der Waals surface area contributed by atoms with Crippen molar-refractivity contribution in [2.24, 2.45) is 0 Å². The lowest BCUT2D eigenvalue weighted by Gasteiger charge is -2.22. The van der Waals surface area contributed by atoms with Gasteiger partial charge in [0, 0.05) is 33.9 Å². The van der Waals surface area contributed by atoms with Crippen LogP contribution in [-0.2, 0) is 0 Å². The minimum Gasteiger partial charge on any atom is -0.355 e.